The van der Waals surface area contributed by atoms with Crippen LogP contribution in [0.1, 0.15) is 29.5 Å². The minimum Gasteiger partial charge on any atom is -0.379 e. The number of hydrogen-bond acceptors (Lipinski definition) is 4. The van der Waals surface area contributed by atoms with Crippen molar-refractivity contribution >= 4 is 17.3 Å². The summed E-state index contributed by atoms with van der Waals surface area (Å²) in [4.78, 5) is 24.9. The van der Waals surface area contributed by atoms with Crippen molar-refractivity contribution in [2.75, 3.05) is 11.9 Å². The number of fused-ring (bicyclic) bond motifs is 1. The molecule has 0 spiro atoms. The van der Waals surface area contributed by atoms with Crippen LogP contribution in [-0.2, 0) is 17.9 Å². The number of nitro benzene ring substituents is 1. The van der Waals surface area contributed by atoms with Crippen LogP contribution in [0.4, 0.5) is 11.4 Å². The third-order valence-electron chi connectivity index (χ3n) is 4.43. The Morgan fingerprint density at radius 3 is 2.52 bits per heavy atom. The topological polar surface area (TPSA) is 75.5 Å². The van der Waals surface area contributed by atoms with Crippen LogP contribution in [0.2, 0.25) is 0 Å². The highest BCUT2D eigenvalue weighted by molar-refractivity contribution is 5.77. The van der Waals surface area contributed by atoms with Gasteiger partial charge in [0.25, 0.3) is 5.69 Å². The maximum absolute atomic E-state index is 12.3. The van der Waals surface area contributed by atoms with Gasteiger partial charge in [0.2, 0.25) is 5.91 Å². The standard InChI is InChI=1S/C19H21N3O3/c1-14-8-9-17(18(11-14)22(24)25)20-10-4-7-19(23)21-12-15-5-2-3-6-16(15)13-21/h2-3,5-6,8-9,11,20H,4,7,10,12-13H2,1H3. The molecular formula is C19H21N3O3. The summed E-state index contributed by atoms with van der Waals surface area (Å²) in [6.07, 6.45) is 1.07. The molecule has 1 amide bonds. The Bertz CT molecular complexity index is 779. The SMILES string of the molecule is Cc1ccc(NCCCC(=O)N2Cc3ccccc3C2)c([N+](=O)[O-])c1. The Labute approximate surface area is 146 Å². The Morgan fingerprint density at radius 2 is 1.88 bits per heavy atom. The van der Waals surface area contributed by atoms with Crippen molar-refractivity contribution in [1.29, 1.82) is 0 Å². The Kier molecular flexibility index (Phi) is 4.97. The molecule has 6 heteroatoms. The van der Waals surface area contributed by atoms with Gasteiger partial charge in [-0.2, -0.15) is 0 Å². The highest BCUT2D eigenvalue weighted by Crippen LogP contribution is 2.26. The summed E-state index contributed by atoms with van der Waals surface area (Å²) in [5, 5.41) is 14.2. The molecule has 2 aromatic carbocycles. The second kappa shape index (κ2) is 7.34. The molecule has 1 heterocycles. The summed E-state index contributed by atoms with van der Waals surface area (Å²) in [7, 11) is 0. The first-order chi connectivity index (χ1) is 12.0. The van der Waals surface area contributed by atoms with Gasteiger partial charge in [-0.25, -0.2) is 0 Å². The number of amides is 1. The van der Waals surface area contributed by atoms with Gasteiger partial charge in [-0.3, -0.25) is 14.9 Å². The number of aryl methyl sites for hydroxylation is 1. The molecular weight excluding hydrogens is 318 g/mol. The Hall–Kier alpha value is -2.89. The molecule has 0 radical (unpaired) electrons. The van der Waals surface area contributed by atoms with Crippen LogP contribution in [0.5, 0.6) is 0 Å². The van der Waals surface area contributed by atoms with Crippen LogP contribution < -0.4 is 5.32 Å². The maximum Gasteiger partial charge on any atom is 0.292 e. The normalized spacial score (nSPS) is 12.8. The average molecular weight is 339 g/mol. The maximum atomic E-state index is 12.3. The third-order valence-corrected chi connectivity index (χ3v) is 4.43. The fourth-order valence-corrected chi connectivity index (χ4v) is 3.07. The Morgan fingerprint density at radius 1 is 1.20 bits per heavy atom. The van der Waals surface area contributed by atoms with E-state index in [2.05, 4.69) is 17.4 Å². The number of carbonyl (C=O) groups is 1. The van der Waals surface area contributed by atoms with Crippen LogP contribution in [0.3, 0.4) is 0 Å². The fraction of sp³-hybridized carbons (Fsp3) is 0.316. The zero-order valence-corrected chi connectivity index (χ0v) is 14.2. The van der Waals surface area contributed by atoms with Crippen LogP contribution in [0.25, 0.3) is 0 Å². The molecule has 0 bridgehead atoms. The number of nitro groups is 1. The second-order valence-corrected chi connectivity index (χ2v) is 6.33. The van der Waals surface area contributed by atoms with Crippen molar-refractivity contribution in [3.05, 3.63) is 69.3 Å². The molecule has 0 unspecified atom stereocenters. The van der Waals surface area contributed by atoms with Crippen LogP contribution in [0, 0.1) is 17.0 Å². The molecule has 130 valence electrons. The lowest BCUT2D eigenvalue weighted by atomic mass is 10.1. The summed E-state index contributed by atoms with van der Waals surface area (Å²) in [5.41, 5.74) is 3.84. The fourth-order valence-electron chi connectivity index (χ4n) is 3.07. The van der Waals surface area contributed by atoms with Gasteiger partial charge in [-0.15, -0.1) is 0 Å². The van der Waals surface area contributed by atoms with Crippen LogP contribution in [-0.4, -0.2) is 22.3 Å². The summed E-state index contributed by atoms with van der Waals surface area (Å²) in [6.45, 7) is 3.69. The highest BCUT2D eigenvalue weighted by Gasteiger charge is 2.22. The lowest BCUT2D eigenvalue weighted by Gasteiger charge is -2.15. The molecule has 0 aromatic heterocycles. The van der Waals surface area contributed by atoms with E-state index in [4.69, 9.17) is 0 Å². The summed E-state index contributed by atoms with van der Waals surface area (Å²) >= 11 is 0. The van der Waals surface area contributed by atoms with E-state index in [0.29, 0.717) is 38.2 Å². The summed E-state index contributed by atoms with van der Waals surface area (Å²) in [6, 6.07) is 13.2. The van der Waals surface area contributed by atoms with Gasteiger partial charge in [-0.05, 0) is 36.1 Å². The van der Waals surface area contributed by atoms with Crippen LogP contribution in [0.15, 0.2) is 42.5 Å². The first-order valence-electron chi connectivity index (χ1n) is 8.38. The molecule has 1 N–H and O–H groups in total. The molecule has 0 aliphatic carbocycles. The minimum atomic E-state index is -0.387. The lowest BCUT2D eigenvalue weighted by Crippen LogP contribution is -2.25. The van der Waals surface area contributed by atoms with E-state index < -0.39 is 0 Å². The van der Waals surface area contributed by atoms with Gasteiger partial charge in [0.05, 0.1) is 4.92 Å². The summed E-state index contributed by atoms with van der Waals surface area (Å²) < 4.78 is 0. The molecule has 1 aliphatic rings. The van der Waals surface area contributed by atoms with E-state index in [0.717, 1.165) is 5.56 Å². The average Bonchev–Trinajstić information content (AvgIpc) is 3.03. The van der Waals surface area contributed by atoms with E-state index in [-0.39, 0.29) is 16.5 Å². The highest BCUT2D eigenvalue weighted by atomic mass is 16.6. The van der Waals surface area contributed by atoms with Crippen molar-refractivity contribution in [3.8, 4) is 0 Å². The van der Waals surface area contributed by atoms with Crippen molar-refractivity contribution in [1.82, 2.24) is 4.90 Å². The molecule has 1 aliphatic heterocycles. The Balaban J connectivity index is 1.48. The van der Waals surface area contributed by atoms with E-state index in [1.807, 2.05) is 30.0 Å². The predicted octanol–water partition coefficient (Wildman–Crippen LogP) is 3.64. The van der Waals surface area contributed by atoms with E-state index in [1.54, 1.807) is 12.1 Å². The van der Waals surface area contributed by atoms with E-state index in [1.165, 1.54) is 11.1 Å². The van der Waals surface area contributed by atoms with Gasteiger partial charge >= 0.3 is 0 Å². The number of carbonyl (C=O) groups excluding carboxylic acids is 1. The largest absolute Gasteiger partial charge is 0.379 e. The summed E-state index contributed by atoms with van der Waals surface area (Å²) in [5.74, 6) is 0.122. The predicted molar refractivity (Wildman–Crippen MR) is 96.3 cm³/mol. The van der Waals surface area contributed by atoms with E-state index in [9.17, 15) is 14.9 Å². The molecule has 2 aromatic rings. The third kappa shape index (κ3) is 3.96. The molecule has 6 nitrogen and oxygen atoms in total. The molecule has 0 saturated heterocycles. The number of rotatable bonds is 6. The zero-order valence-electron chi connectivity index (χ0n) is 14.2. The molecule has 3 rings (SSSR count). The van der Waals surface area contributed by atoms with Gasteiger partial charge < -0.3 is 10.2 Å². The van der Waals surface area contributed by atoms with Gasteiger partial charge in [-0.1, -0.05) is 30.3 Å². The molecule has 0 fully saturated rings. The van der Waals surface area contributed by atoms with Crippen molar-refractivity contribution in [2.45, 2.75) is 32.9 Å². The lowest BCUT2D eigenvalue weighted by molar-refractivity contribution is -0.384. The number of nitrogens with one attached hydrogen (secondary N) is 1. The number of benzene rings is 2. The van der Waals surface area contributed by atoms with E-state index >= 15 is 0 Å². The van der Waals surface area contributed by atoms with Crippen molar-refractivity contribution in [2.24, 2.45) is 0 Å². The van der Waals surface area contributed by atoms with Crippen molar-refractivity contribution in [3.63, 3.8) is 0 Å². The van der Waals surface area contributed by atoms with Crippen LogP contribution >= 0.6 is 0 Å². The molecule has 0 saturated carbocycles. The second-order valence-electron chi connectivity index (χ2n) is 6.33. The zero-order chi connectivity index (χ0) is 17.8. The monoisotopic (exact) mass is 339 g/mol. The van der Waals surface area contributed by atoms with Crippen molar-refractivity contribution < 1.29 is 9.72 Å². The molecule has 25 heavy (non-hydrogen) atoms. The van der Waals surface area contributed by atoms with Gasteiger partial charge in [0.1, 0.15) is 5.69 Å². The minimum absolute atomic E-state index is 0.0707. The number of anilines is 1. The number of nitrogens with zero attached hydrogens (tertiary/aromatic N) is 2. The quantitative estimate of drug-likeness (QED) is 0.495. The molecule has 0 atom stereocenters. The first-order valence-corrected chi connectivity index (χ1v) is 8.38. The number of hydrogen-bond donors (Lipinski definition) is 1. The van der Waals surface area contributed by atoms with Gasteiger partial charge in [0.15, 0.2) is 0 Å². The van der Waals surface area contributed by atoms with Gasteiger partial charge in [0, 0.05) is 32.1 Å². The first kappa shape index (κ1) is 17.0. The smallest absolute Gasteiger partial charge is 0.292 e.